The Morgan fingerprint density at radius 1 is 1.08 bits per heavy atom. The van der Waals surface area contributed by atoms with Crippen LogP contribution in [-0.2, 0) is 25.5 Å². The molecule has 26 heavy (non-hydrogen) atoms. The molecule has 0 aliphatic carbocycles. The molecule has 1 heterocycles. The fraction of sp³-hybridized carbons (Fsp3) is 0.238. The third-order valence-electron chi connectivity index (χ3n) is 4.23. The average Bonchev–Trinajstić information content (AvgIpc) is 2.92. The second-order valence-corrected chi connectivity index (χ2v) is 6.10. The molecular weight excluding hydrogens is 332 g/mol. The van der Waals surface area contributed by atoms with Crippen LogP contribution < -0.4 is 0 Å². The molecule has 5 nitrogen and oxygen atoms in total. The van der Waals surface area contributed by atoms with Gasteiger partial charge < -0.3 is 14.6 Å². The molecule has 0 saturated carbocycles. The third kappa shape index (κ3) is 3.20. The van der Waals surface area contributed by atoms with Crippen molar-refractivity contribution in [2.24, 2.45) is 0 Å². The smallest absolute Gasteiger partial charge is 0.375 e. The largest absolute Gasteiger partial charge is 0.502 e. The summed E-state index contributed by atoms with van der Waals surface area (Å²) in [4.78, 5) is 25.2. The molecule has 0 amide bonds. The number of benzene rings is 2. The van der Waals surface area contributed by atoms with Gasteiger partial charge in [-0.2, -0.15) is 0 Å². The Bertz CT molecular complexity index is 826. The minimum Gasteiger partial charge on any atom is -0.502 e. The Morgan fingerprint density at radius 2 is 1.69 bits per heavy atom. The van der Waals surface area contributed by atoms with Crippen LogP contribution in [0.2, 0.25) is 0 Å². The predicted molar refractivity (Wildman–Crippen MR) is 96.2 cm³/mol. The van der Waals surface area contributed by atoms with E-state index in [-0.39, 0.29) is 18.6 Å². The standard InChI is InChI=1S/C21H20O5/c1-2-13-25-20(24)21(14-15-9-5-3-6-10-15)17(18(22)19(23)26-21)16-11-7-4-8-12-16/h3-12,22H,2,13-14H2,1H3/t21-/m1/s1. The fourth-order valence-electron chi connectivity index (χ4n) is 3.06. The summed E-state index contributed by atoms with van der Waals surface area (Å²) >= 11 is 0. The zero-order valence-corrected chi connectivity index (χ0v) is 14.5. The summed E-state index contributed by atoms with van der Waals surface area (Å²) in [6, 6.07) is 18.0. The molecule has 2 aromatic rings. The van der Waals surface area contributed by atoms with Crippen LogP contribution >= 0.6 is 0 Å². The lowest BCUT2D eigenvalue weighted by atomic mass is 9.83. The van der Waals surface area contributed by atoms with Gasteiger partial charge in [-0.05, 0) is 17.5 Å². The molecule has 3 rings (SSSR count). The number of carbonyl (C=O) groups excluding carboxylic acids is 2. The first-order valence-electron chi connectivity index (χ1n) is 8.52. The normalized spacial score (nSPS) is 19.3. The third-order valence-corrected chi connectivity index (χ3v) is 4.23. The van der Waals surface area contributed by atoms with E-state index < -0.39 is 23.3 Å². The van der Waals surface area contributed by atoms with E-state index in [1.807, 2.05) is 43.3 Å². The molecule has 1 aliphatic rings. The zero-order chi connectivity index (χ0) is 18.6. The molecule has 0 saturated heterocycles. The Kier molecular flexibility index (Phi) is 5.07. The first-order chi connectivity index (χ1) is 12.6. The maximum Gasteiger partial charge on any atom is 0.375 e. The Labute approximate surface area is 151 Å². The second-order valence-electron chi connectivity index (χ2n) is 6.10. The van der Waals surface area contributed by atoms with Gasteiger partial charge in [0.1, 0.15) is 0 Å². The minimum atomic E-state index is -1.71. The van der Waals surface area contributed by atoms with Crippen molar-refractivity contribution >= 4 is 17.5 Å². The number of hydrogen-bond donors (Lipinski definition) is 1. The highest BCUT2D eigenvalue weighted by atomic mass is 16.6. The number of ether oxygens (including phenoxy) is 2. The molecule has 0 radical (unpaired) electrons. The van der Waals surface area contributed by atoms with Gasteiger partial charge in [0.25, 0.3) is 0 Å². The molecule has 0 bridgehead atoms. The summed E-state index contributed by atoms with van der Waals surface area (Å²) in [5.41, 5.74) is -0.232. The van der Waals surface area contributed by atoms with Gasteiger partial charge in [0.15, 0.2) is 0 Å². The monoisotopic (exact) mass is 352 g/mol. The first-order valence-corrected chi connectivity index (χ1v) is 8.52. The van der Waals surface area contributed by atoms with Crippen LogP contribution in [0.5, 0.6) is 0 Å². The zero-order valence-electron chi connectivity index (χ0n) is 14.5. The van der Waals surface area contributed by atoms with Crippen LogP contribution in [0.25, 0.3) is 5.57 Å². The maximum atomic E-state index is 13.0. The molecule has 1 aliphatic heterocycles. The van der Waals surface area contributed by atoms with Gasteiger partial charge in [-0.1, -0.05) is 67.6 Å². The van der Waals surface area contributed by atoms with Crippen molar-refractivity contribution in [2.45, 2.75) is 25.4 Å². The van der Waals surface area contributed by atoms with Gasteiger partial charge in [-0.25, -0.2) is 9.59 Å². The number of cyclic esters (lactones) is 1. The van der Waals surface area contributed by atoms with Gasteiger partial charge >= 0.3 is 11.9 Å². The van der Waals surface area contributed by atoms with E-state index >= 15 is 0 Å². The highest BCUT2D eigenvalue weighted by molar-refractivity contribution is 6.11. The van der Waals surface area contributed by atoms with Gasteiger partial charge in [0.2, 0.25) is 11.4 Å². The number of carbonyl (C=O) groups is 2. The minimum absolute atomic E-state index is 0.0798. The topological polar surface area (TPSA) is 72.8 Å². The Balaban J connectivity index is 2.12. The van der Waals surface area contributed by atoms with Gasteiger partial charge in [-0.3, -0.25) is 0 Å². The summed E-state index contributed by atoms with van der Waals surface area (Å²) in [7, 11) is 0. The van der Waals surface area contributed by atoms with Crippen LogP contribution in [0.4, 0.5) is 0 Å². The predicted octanol–water partition coefficient (Wildman–Crippen LogP) is 3.45. The van der Waals surface area contributed by atoms with Crippen LogP contribution in [0.15, 0.2) is 66.4 Å². The number of hydrogen-bond acceptors (Lipinski definition) is 5. The summed E-state index contributed by atoms with van der Waals surface area (Å²) in [5, 5.41) is 10.4. The van der Waals surface area contributed by atoms with Crippen molar-refractivity contribution < 1.29 is 24.2 Å². The van der Waals surface area contributed by atoms with E-state index in [2.05, 4.69) is 0 Å². The molecule has 1 atom stereocenters. The summed E-state index contributed by atoms with van der Waals surface area (Å²) in [6.07, 6.45) is 0.716. The van der Waals surface area contributed by atoms with Crippen molar-refractivity contribution in [3.05, 3.63) is 77.5 Å². The van der Waals surface area contributed by atoms with E-state index in [0.29, 0.717) is 12.0 Å². The van der Waals surface area contributed by atoms with Crippen LogP contribution in [0.1, 0.15) is 24.5 Å². The maximum absolute atomic E-state index is 13.0. The van der Waals surface area contributed by atoms with Crippen molar-refractivity contribution in [3.63, 3.8) is 0 Å². The molecular formula is C21H20O5. The molecule has 2 aromatic carbocycles. The highest BCUT2D eigenvalue weighted by Gasteiger charge is 2.55. The number of esters is 2. The molecule has 0 fully saturated rings. The molecule has 0 aromatic heterocycles. The lowest BCUT2D eigenvalue weighted by Crippen LogP contribution is -2.44. The average molecular weight is 352 g/mol. The van der Waals surface area contributed by atoms with Crippen LogP contribution in [0, 0.1) is 0 Å². The summed E-state index contributed by atoms with van der Waals surface area (Å²) in [5.74, 6) is -2.16. The number of aliphatic hydroxyl groups excluding tert-OH is 1. The fourth-order valence-corrected chi connectivity index (χ4v) is 3.06. The van der Waals surface area contributed by atoms with Gasteiger partial charge in [0.05, 0.1) is 12.2 Å². The molecule has 1 N–H and O–H groups in total. The molecule has 0 unspecified atom stereocenters. The van der Waals surface area contributed by atoms with Crippen molar-refractivity contribution in [2.75, 3.05) is 6.61 Å². The quantitative estimate of drug-likeness (QED) is 0.806. The van der Waals surface area contributed by atoms with Crippen molar-refractivity contribution in [1.29, 1.82) is 0 Å². The van der Waals surface area contributed by atoms with Crippen molar-refractivity contribution in [1.82, 2.24) is 0 Å². The van der Waals surface area contributed by atoms with E-state index in [1.54, 1.807) is 24.3 Å². The second kappa shape index (κ2) is 7.44. The summed E-state index contributed by atoms with van der Waals surface area (Å²) < 4.78 is 10.8. The number of rotatable bonds is 6. The van der Waals surface area contributed by atoms with E-state index in [4.69, 9.17) is 9.47 Å². The highest BCUT2D eigenvalue weighted by Crippen LogP contribution is 2.42. The van der Waals surface area contributed by atoms with Gasteiger partial charge in [0, 0.05) is 6.42 Å². The molecule has 0 spiro atoms. The lowest BCUT2D eigenvalue weighted by molar-refractivity contribution is -0.171. The molecule has 5 heteroatoms. The Hall–Kier alpha value is -3.08. The number of aliphatic hydroxyl groups is 1. The SMILES string of the molecule is CCCOC(=O)[C@]1(Cc2ccccc2)OC(=O)C(O)=C1c1ccccc1. The van der Waals surface area contributed by atoms with Crippen LogP contribution in [0.3, 0.4) is 0 Å². The van der Waals surface area contributed by atoms with Crippen molar-refractivity contribution in [3.8, 4) is 0 Å². The van der Waals surface area contributed by atoms with Gasteiger partial charge in [-0.15, -0.1) is 0 Å². The Morgan fingerprint density at radius 3 is 2.31 bits per heavy atom. The van der Waals surface area contributed by atoms with E-state index in [9.17, 15) is 14.7 Å². The first kappa shape index (κ1) is 17.7. The van der Waals surface area contributed by atoms with Crippen LogP contribution in [-0.4, -0.2) is 29.3 Å². The summed E-state index contributed by atoms with van der Waals surface area (Å²) in [6.45, 7) is 2.08. The van der Waals surface area contributed by atoms with E-state index in [0.717, 1.165) is 5.56 Å². The molecule has 134 valence electrons. The van der Waals surface area contributed by atoms with E-state index in [1.165, 1.54) is 0 Å². The lowest BCUT2D eigenvalue weighted by Gasteiger charge is -2.28.